The van der Waals surface area contributed by atoms with Crippen LogP contribution in [0.5, 0.6) is 0 Å². The summed E-state index contributed by atoms with van der Waals surface area (Å²) in [6.45, 7) is 10.9. The summed E-state index contributed by atoms with van der Waals surface area (Å²) in [5, 5.41) is 10.2. The Morgan fingerprint density at radius 2 is 1.87 bits per heavy atom. The molecule has 39 heavy (non-hydrogen) atoms. The topological polar surface area (TPSA) is 80.1 Å². The molecule has 4 heterocycles. The SMILES string of the molecule is Cc1cccc(-n2nc(C(C)(C)C)c3c2N(CC(=O)NCc2ccncc2)C(=O)CS[C@H]3c2cccs2)c1C. The highest BCUT2D eigenvalue weighted by Crippen LogP contribution is 2.49. The maximum Gasteiger partial charge on any atom is 0.240 e. The standard InChI is InChI=1S/C30H33N5O2S2/c1-19-8-6-9-22(20(19)2)35-29-26(28(33-35)30(3,4)5)27(23-10-7-15-38-23)39-18-25(37)34(29)17-24(36)32-16-21-11-13-31-14-12-21/h6-15,27H,16-18H2,1-5H3,(H,32,36)/t27-/m0/s1. The van der Waals surface area contributed by atoms with Gasteiger partial charge in [0.2, 0.25) is 11.8 Å². The van der Waals surface area contributed by atoms with Crippen LogP contribution in [0.25, 0.3) is 5.69 Å². The molecule has 2 amide bonds. The number of thioether (sulfide) groups is 1. The average Bonchev–Trinajstić information content (AvgIpc) is 3.55. The number of hydrogen-bond acceptors (Lipinski definition) is 6. The Hall–Kier alpha value is -3.43. The fraction of sp³-hybridized carbons (Fsp3) is 0.333. The van der Waals surface area contributed by atoms with E-state index in [-0.39, 0.29) is 34.8 Å². The predicted molar refractivity (Wildman–Crippen MR) is 159 cm³/mol. The summed E-state index contributed by atoms with van der Waals surface area (Å²) in [7, 11) is 0. The number of pyridine rings is 1. The van der Waals surface area contributed by atoms with Crippen molar-refractivity contribution in [1.82, 2.24) is 20.1 Å². The summed E-state index contributed by atoms with van der Waals surface area (Å²) in [6, 6.07) is 14.0. The van der Waals surface area contributed by atoms with Crippen LogP contribution < -0.4 is 10.2 Å². The van der Waals surface area contributed by atoms with Crippen LogP contribution in [0.4, 0.5) is 5.82 Å². The monoisotopic (exact) mass is 559 g/mol. The summed E-state index contributed by atoms with van der Waals surface area (Å²) in [4.78, 5) is 33.9. The van der Waals surface area contributed by atoms with Crippen molar-refractivity contribution >= 4 is 40.7 Å². The van der Waals surface area contributed by atoms with Crippen LogP contribution >= 0.6 is 23.1 Å². The number of aryl methyl sites for hydroxylation is 1. The lowest BCUT2D eigenvalue weighted by molar-refractivity contribution is -0.123. The van der Waals surface area contributed by atoms with E-state index >= 15 is 0 Å². The lowest BCUT2D eigenvalue weighted by Crippen LogP contribution is -2.42. The zero-order chi connectivity index (χ0) is 27.7. The van der Waals surface area contributed by atoms with Gasteiger partial charge in [0, 0.05) is 34.8 Å². The second-order valence-corrected chi connectivity index (χ2v) is 12.9. The van der Waals surface area contributed by atoms with E-state index in [0.717, 1.165) is 33.6 Å². The Balaban J connectivity index is 1.66. The number of benzene rings is 1. The first-order chi connectivity index (χ1) is 18.6. The number of amides is 2. The third-order valence-corrected chi connectivity index (χ3v) is 9.27. The molecule has 0 saturated heterocycles. The number of carbonyl (C=O) groups excluding carboxylic acids is 2. The first kappa shape index (κ1) is 27.1. The molecule has 0 bridgehead atoms. The molecule has 0 radical (unpaired) electrons. The number of hydrogen-bond donors (Lipinski definition) is 1. The molecule has 1 N–H and O–H groups in total. The van der Waals surface area contributed by atoms with Gasteiger partial charge in [-0.3, -0.25) is 19.5 Å². The number of thiophene rings is 1. The molecule has 9 heteroatoms. The number of nitrogens with zero attached hydrogens (tertiary/aromatic N) is 4. The predicted octanol–water partition coefficient (Wildman–Crippen LogP) is 5.73. The maximum absolute atomic E-state index is 13.8. The minimum absolute atomic E-state index is 0.0677. The van der Waals surface area contributed by atoms with Crippen LogP contribution in [-0.2, 0) is 21.5 Å². The van der Waals surface area contributed by atoms with Crippen LogP contribution in [0.1, 0.15) is 58.8 Å². The van der Waals surface area contributed by atoms with Crippen molar-refractivity contribution in [2.24, 2.45) is 0 Å². The van der Waals surface area contributed by atoms with Gasteiger partial charge in [0.25, 0.3) is 0 Å². The number of aromatic nitrogens is 3. The maximum atomic E-state index is 13.8. The van der Waals surface area contributed by atoms with Gasteiger partial charge < -0.3 is 5.32 Å². The Labute approximate surface area is 237 Å². The highest BCUT2D eigenvalue weighted by Gasteiger charge is 2.40. The van der Waals surface area contributed by atoms with Gasteiger partial charge >= 0.3 is 0 Å². The van der Waals surface area contributed by atoms with Crippen molar-refractivity contribution in [3.8, 4) is 5.69 Å². The van der Waals surface area contributed by atoms with Crippen LogP contribution in [0.3, 0.4) is 0 Å². The second-order valence-electron chi connectivity index (χ2n) is 10.8. The molecular formula is C30H33N5O2S2. The third kappa shape index (κ3) is 5.51. The Kier molecular flexibility index (Phi) is 7.64. The fourth-order valence-electron chi connectivity index (χ4n) is 4.77. The molecule has 1 aliphatic rings. The molecular weight excluding hydrogens is 526 g/mol. The molecule has 0 spiro atoms. The molecule has 1 aliphatic heterocycles. The molecule has 1 atom stereocenters. The van der Waals surface area contributed by atoms with E-state index in [4.69, 9.17) is 5.10 Å². The van der Waals surface area contributed by atoms with Gasteiger partial charge in [-0.05, 0) is 60.2 Å². The lowest BCUT2D eigenvalue weighted by Gasteiger charge is -2.24. The summed E-state index contributed by atoms with van der Waals surface area (Å²) < 4.78 is 1.90. The molecule has 3 aromatic heterocycles. The number of carbonyl (C=O) groups is 2. The summed E-state index contributed by atoms with van der Waals surface area (Å²) in [5.74, 6) is 0.620. The van der Waals surface area contributed by atoms with Crippen molar-refractivity contribution in [2.45, 2.75) is 51.8 Å². The lowest BCUT2D eigenvalue weighted by atomic mass is 9.88. The molecule has 0 saturated carbocycles. The van der Waals surface area contributed by atoms with Crippen molar-refractivity contribution in [3.05, 3.63) is 93.1 Å². The Bertz CT molecular complexity index is 1490. The van der Waals surface area contributed by atoms with E-state index < -0.39 is 0 Å². The van der Waals surface area contributed by atoms with Crippen LogP contribution in [0.2, 0.25) is 0 Å². The highest BCUT2D eigenvalue weighted by atomic mass is 32.2. The van der Waals surface area contributed by atoms with E-state index in [2.05, 4.69) is 62.4 Å². The average molecular weight is 560 g/mol. The second kappa shape index (κ2) is 11.0. The number of rotatable bonds is 6. The van der Waals surface area contributed by atoms with Gasteiger partial charge in [-0.1, -0.05) is 39.0 Å². The summed E-state index contributed by atoms with van der Waals surface area (Å²) >= 11 is 3.29. The molecule has 0 unspecified atom stereocenters. The molecule has 4 aromatic rings. The van der Waals surface area contributed by atoms with Crippen LogP contribution in [0.15, 0.2) is 60.2 Å². The molecule has 0 fully saturated rings. The van der Waals surface area contributed by atoms with Crippen molar-refractivity contribution in [3.63, 3.8) is 0 Å². The van der Waals surface area contributed by atoms with Gasteiger partial charge in [-0.2, -0.15) is 5.10 Å². The van der Waals surface area contributed by atoms with Gasteiger partial charge in [0.05, 0.1) is 22.4 Å². The Morgan fingerprint density at radius 1 is 1.10 bits per heavy atom. The van der Waals surface area contributed by atoms with Gasteiger partial charge in [-0.25, -0.2) is 4.68 Å². The first-order valence-electron chi connectivity index (χ1n) is 13.0. The van der Waals surface area contributed by atoms with E-state index in [1.807, 2.05) is 35.0 Å². The molecule has 202 valence electrons. The molecule has 7 nitrogen and oxygen atoms in total. The minimum atomic E-state index is -0.286. The first-order valence-corrected chi connectivity index (χ1v) is 14.9. The fourth-order valence-corrected chi connectivity index (χ4v) is 6.95. The van der Waals surface area contributed by atoms with E-state index in [1.165, 1.54) is 4.88 Å². The summed E-state index contributed by atoms with van der Waals surface area (Å²) in [5.41, 5.74) is 5.73. The quantitative estimate of drug-likeness (QED) is 0.326. The zero-order valence-electron chi connectivity index (χ0n) is 22.9. The van der Waals surface area contributed by atoms with Gasteiger partial charge in [-0.15, -0.1) is 23.1 Å². The largest absolute Gasteiger partial charge is 0.350 e. The van der Waals surface area contributed by atoms with E-state index in [9.17, 15) is 9.59 Å². The summed E-state index contributed by atoms with van der Waals surface area (Å²) in [6.07, 6.45) is 3.40. The van der Waals surface area contributed by atoms with Crippen molar-refractivity contribution in [2.75, 3.05) is 17.2 Å². The highest BCUT2D eigenvalue weighted by molar-refractivity contribution is 8.00. The Morgan fingerprint density at radius 3 is 2.56 bits per heavy atom. The molecule has 5 rings (SSSR count). The van der Waals surface area contributed by atoms with E-state index in [0.29, 0.717) is 12.4 Å². The van der Waals surface area contributed by atoms with Crippen LogP contribution in [-0.4, -0.2) is 38.9 Å². The number of nitrogens with one attached hydrogen (secondary N) is 1. The van der Waals surface area contributed by atoms with Crippen molar-refractivity contribution in [1.29, 1.82) is 0 Å². The zero-order valence-corrected chi connectivity index (χ0v) is 24.5. The minimum Gasteiger partial charge on any atom is -0.350 e. The van der Waals surface area contributed by atoms with Crippen molar-refractivity contribution < 1.29 is 9.59 Å². The van der Waals surface area contributed by atoms with Crippen LogP contribution in [0, 0.1) is 13.8 Å². The number of fused-ring (bicyclic) bond motifs is 1. The third-order valence-electron chi connectivity index (χ3n) is 6.95. The molecule has 0 aliphatic carbocycles. The van der Waals surface area contributed by atoms with Gasteiger partial charge in [0.15, 0.2) is 0 Å². The normalized spacial score (nSPS) is 15.7. The number of anilines is 1. The molecule has 1 aromatic carbocycles. The van der Waals surface area contributed by atoms with Gasteiger partial charge in [0.1, 0.15) is 12.4 Å². The van der Waals surface area contributed by atoms with E-state index in [1.54, 1.807) is 40.4 Å². The smallest absolute Gasteiger partial charge is 0.240 e.